The number of carbonyl (C=O) groups excluding carboxylic acids is 1. The Morgan fingerprint density at radius 3 is 2.42 bits per heavy atom. The summed E-state index contributed by atoms with van der Waals surface area (Å²) in [7, 11) is 0. The third-order valence-electron chi connectivity index (χ3n) is 6.80. The molecule has 3 N–H and O–H groups in total. The Bertz CT molecular complexity index is 1430. The van der Waals surface area contributed by atoms with Gasteiger partial charge in [-0.1, -0.05) is 36.1 Å². The maximum Gasteiger partial charge on any atom is 0.293 e. The van der Waals surface area contributed by atoms with Gasteiger partial charge in [0.1, 0.15) is 5.69 Å². The monoisotopic (exact) mass is 547 g/mol. The molecule has 8 nitrogen and oxygen atoms in total. The van der Waals surface area contributed by atoms with Crippen molar-refractivity contribution in [1.82, 2.24) is 20.2 Å². The summed E-state index contributed by atoms with van der Waals surface area (Å²) in [6.07, 6.45) is -0.493. The molecule has 1 unspecified atom stereocenters. The van der Waals surface area contributed by atoms with E-state index in [0.29, 0.717) is 11.5 Å². The van der Waals surface area contributed by atoms with Crippen LogP contribution in [0.2, 0.25) is 0 Å². The first-order valence-electron chi connectivity index (χ1n) is 13.0. The van der Waals surface area contributed by atoms with Crippen molar-refractivity contribution in [2.45, 2.75) is 31.7 Å². The summed E-state index contributed by atoms with van der Waals surface area (Å²) in [5.74, 6) is 4.24. The van der Waals surface area contributed by atoms with Crippen molar-refractivity contribution in [3.05, 3.63) is 93.2 Å². The SMILES string of the molecule is C=NC[C@@H]1CCN(Cc2ccc(C#Cc3ccc(CC(C(=O)NCC(F)F)c4nc[nH]c(=O)c4O)cc3)cc2)C1. The summed E-state index contributed by atoms with van der Waals surface area (Å²) in [4.78, 5) is 37.1. The Hall–Kier alpha value is -4.36. The van der Waals surface area contributed by atoms with Crippen LogP contribution in [0.15, 0.2) is 64.6 Å². The zero-order valence-corrected chi connectivity index (χ0v) is 21.9. The standard InChI is InChI=1S/C30H31F2N5O3/c1-33-15-24-12-13-37(18-24)17-23-10-6-21(7-11-23)3-2-20-4-8-22(9-5-20)14-25(29(39)34-16-26(31)32)27-28(38)30(40)36-19-35-27/h4-11,19,24-26,38H,1,12-18H2,(H,34,39)(H,35,36,40)/t24-,25?/m0/s1. The molecule has 1 aliphatic rings. The highest BCUT2D eigenvalue weighted by Gasteiger charge is 2.27. The van der Waals surface area contributed by atoms with Gasteiger partial charge in [-0.2, -0.15) is 0 Å². The highest BCUT2D eigenvalue weighted by Crippen LogP contribution is 2.25. The molecule has 1 fully saturated rings. The molecule has 208 valence electrons. The number of carbonyl (C=O) groups is 1. The molecule has 2 heterocycles. The highest BCUT2D eigenvalue weighted by atomic mass is 19.3. The fourth-order valence-electron chi connectivity index (χ4n) is 4.72. The van der Waals surface area contributed by atoms with Crippen LogP contribution in [0, 0.1) is 17.8 Å². The van der Waals surface area contributed by atoms with E-state index in [4.69, 9.17) is 0 Å². The second kappa shape index (κ2) is 13.6. The smallest absolute Gasteiger partial charge is 0.293 e. The number of nitrogens with zero attached hydrogens (tertiary/aromatic N) is 3. The molecular formula is C30H31F2N5O3. The molecule has 1 aliphatic heterocycles. The summed E-state index contributed by atoms with van der Waals surface area (Å²) in [5, 5.41) is 12.3. The van der Waals surface area contributed by atoms with Gasteiger partial charge in [0.15, 0.2) is 0 Å². The molecule has 40 heavy (non-hydrogen) atoms. The Labute approximate surface area is 231 Å². The molecule has 0 spiro atoms. The van der Waals surface area contributed by atoms with Crippen LogP contribution >= 0.6 is 0 Å². The van der Waals surface area contributed by atoms with E-state index in [2.05, 4.69) is 55.9 Å². The number of benzene rings is 2. The van der Waals surface area contributed by atoms with Crippen LogP contribution in [0.3, 0.4) is 0 Å². The molecule has 0 aliphatic carbocycles. The number of amides is 1. The van der Waals surface area contributed by atoms with Crippen molar-refractivity contribution >= 4 is 12.6 Å². The average molecular weight is 548 g/mol. The zero-order chi connectivity index (χ0) is 28.5. The lowest BCUT2D eigenvalue weighted by molar-refractivity contribution is -0.123. The summed E-state index contributed by atoms with van der Waals surface area (Å²) in [6, 6.07) is 15.3. The first-order valence-corrected chi connectivity index (χ1v) is 13.0. The summed E-state index contributed by atoms with van der Waals surface area (Å²) >= 11 is 0. The quantitative estimate of drug-likeness (QED) is 0.267. The lowest BCUT2D eigenvalue weighted by atomic mass is 9.94. The van der Waals surface area contributed by atoms with Crippen molar-refractivity contribution in [2.24, 2.45) is 10.9 Å². The Morgan fingerprint density at radius 2 is 1.80 bits per heavy atom. The van der Waals surface area contributed by atoms with Gasteiger partial charge in [-0.25, -0.2) is 13.8 Å². The molecule has 2 atom stereocenters. The van der Waals surface area contributed by atoms with E-state index in [1.54, 1.807) is 24.3 Å². The number of aliphatic imine (C=N–C) groups is 1. The molecule has 10 heteroatoms. The van der Waals surface area contributed by atoms with E-state index >= 15 is 0 Å². The maximum atomic E-state index is 12.7. The van der Waals surface area contributed by atoms with E-state index in [-0.39, 0.29) is 12.1 Å². The number of aromatic amines is 1. The number of alkyl halides is 2. The first-order chi connectivity index (χ1) is 19.3. The maximum absolute atomic E-state index is 12.7. The normalized spacial score (nSPS) is 15.8. The molecule has 1 aromatic heterocycles. The van der Waals surface area contributed by atoms with Crippen LogP contribution in [0.25, 0.3) is 0 Å². The van der Waals surface area contributed by atoms with E-state index < -0.39 is 36.1 Å². The third-order valence-corrected chi connectivity index (χ3v) is 6.80. The van der Waals surface area contributed by atoms with Gasteiger partial charge in [0.2, 0.25) is 11.7 Å². The van der Waals surface area contributed by atoms with E-state index in [0.717, 1.165) is 50.1 Å². The largest absolute Gasteiger partial charge is 0.502 e. The number of H-pyrrole nitrogens is 1. The second-order valence-electron chi connectivity index (χ2n) is 9.80. The first kappa shape index (κ1) is 28.6. The van der Waals surface area contributed by atoms with Gasteiger partial charge in [0.05, 0.1) is 18.8 Å². The van der Waals surface area contributed by atoms with Crippen LogP contribution in [-0.4, -0.2) is 65.2 Å². The van der Waals surface area contributed by atoms with Crippen molar-refractivity contribution in [3.8, 4) is 17.6 Å². The lowest BCUT2D eigenvalue weighted by Gasteiger charge is -2.17. The van der Waals surface area contributed by atoms with Crippen LogP contribution in [0.5, 0.6) is 5.75 Å². The number of hydrogen-bond donors (Lipinski definition) is 3. The fraction of sp³-hybridized carbons (Fsp3) is 0.333. The van der Waals surface area contributed by atoms with Gasteiger partial charge in [0.25, 0.3) is 12.0 Å². The van der Waals surface area contributed by atoms with Gasteiger partial charge in [-0.05, 0) is 67.4 Å². The summed E-state index contributed by atoms with van der Waals surface area (Å²) in [6.45, 7) is 6.57. The van der Waals surface area contributed by atoms with Crippen molar-refractivity contribution in [3.63, 3.8) is 0 Å². The zero-order valence-electron chi connectivity index (χ0n) is 21.9. The Morgan fingerprint density at radius 1 is 1.15 bits per heavy atom. The van der Waals surface area contributed by atoms with Gasteiger partial charge in [-0.3, -0.25) is 14.5 Å². The number of aromatic hydroxyl groups is 1. The highest BCUT2D eigenvalue weighted by molar-refractivity contribution is 5.84. The number of halogens is 2. The minimum Gasteiger partial charge on any atom is -0.502 e. The number of aromatic nitrogens is 2. The summed E-state index contributed by atoms with van der Waals surface area (Å²) in [5.41, 5.74) is 2.55. The van der Waals surface area contributed by atoms with Crippen LogP contribution in [0.4, 0.5) is 8.78 Å². The minimum absolute atomic E-state index is 0.0378. The molecule has 1 saturated heterocycles. The molecule has 0 radical (unpaired) electrons. The van der Waals surface area contributed by atoms with Crippen LogP contribution in [0.1, 0.15) is 40.3 Å². The van der Waals surface area contributed by atoms with Crippen molar-refractivity contribution in [1.29, 1.82) is 0 Å². The van der Waals surface area contributed by atoms with Crippen LogP contribution in [-0.2, 0) is 17.8 Å². The topological polar surface area (TPSA) is 111 Å². The third kappa shape index (κ3) is 7.83. The van der Waals surface area contributed by atoms with Crippen molar-refractivity contribution in [2.75, 3.05) is 26.2 Å². The van der Waals surface area contributed by atoms with E-state index in [1.807, 2.05) is 12.1 Å². The molecule has 1 amide bonds. The minimum atomic E-state index is -2.74. The molecule has 0 bridgehead atoms. The number of likely N-dealkylation sites (tertiary alicyclic amines) is 1. The molecule has 3 aromatic rings. The van der Waals surface area contributed by atoms with E-state index in [9.17, 15) is 23.5 Å². The molecular weight excluding hydrogens is 516 g/mol. The molecule has 2 aromatic carbocycles. The Balaban J connectivity index is 1.40. The van der Waals surface area contributed by atoms with Gasteiger partial charge < -0.3 is 20.4 Å². The van der Waals surface area contributed by atoms with Gasteiger partial charge in [0, 0.05) is 30.8 Å². The number of rotatable bonds is 10. The predicted molar refractivity (Wildman–Crippen MR) is 149 cm³/mol. The molecule has 0 saturated carbocycles. The lowest BCUT2D eigenvalue weighted by Crippen LogP contribution is -2.34. The summed E-state index contributed by atoms with van der Waals surface area (Å²) < 4.78 is 25.3. The number of nitrogens with one attached hydrogen (secondary N) is 2. The van der Waals surface area contributed by atoms with Crippen molar-refractivity contribution < 1.29 is 18.7 Å². The fourth-order valence-corrected chi connectivity index (χ4v) is 4.72. The van der Waals surface area contributed by atoms with Crippen LogP contribution < -0.4 is 10.9 Å². The van der Waals surface area contributed by atoms with Gasteiger partial charge >= 0.3 is 0 Å². The molecule has 4 rings (SSSR count). The number of hydrogen-bond acceptors (Lipinski definition) is 6. The predicted octanol–water partition coefficient (Wildman–Crippen LogP) is 3.11. The van der Waals surface area contributed by atoms with E-state index in [1.165, 1.54) is 5.56 Å². The average Bonchev–Trinajstić information content (AvgIpc) is 3.39. The second-order valence-corrected chi connectivity index (χ2v) is 9.80. The Kier molecular flexibility index (Phi) is 9.76. The van der Waals surface area contributed by atoms with Gasteiger partial charge in [-0.15, -0.1) is 0 Å².